The Labute approximate surface area is 186 Å². The molecule has 1 N–H and O–H groups in total. The van der Waals surface area contributed by atoms with E-state index in [0.717, 1.165) is 6.42 Å². The first-order valence-electron chi connectivity index (χ1n) is 10.1. The Morgan fingerprint density at radius 2 is 1.97 bits per heavy atom. The molecular weight excluding hydrogens is 420 g/mol. The highest BCUT2D eigenvalue weighted by molar-refractivity contribution is 6.32. The maximum Gasteiger partial charge on any atom is 0.265 e. The van der Waals surface area contributed by atoms with E-state index >= 15 is 0 Å². The topological polar surface area (TPSA) is 84.9 Å². The van der Waals surface area contributed by atoms with E-state index in [9.17, 15) is 14.4 Å². The molecule has 0 saturated carbocycles. The van der Waals surface area contributed by atoms with Crippen LogP contribution < -0.4 is 19.7 Å². The number of halogens is 1. The van der Waals surface area contributed by atoms with Gasteiger partial charge in [0.15, 0.2) is 19.0 Å². The van der Waals surface area contributed by atoms with Gasteiger partial charge < -0.3 is 14.8 Å². The second-order valence-corrected chi connectivity index (χ2v) is 7.78. The number of benzene rings is 2. The number of fused-ring (bicyclic) bond motifs is 1. The van der Waals surface area contributed by atoms with Crippen LogP contribution in [0.15, 0.2) is 42.5 Å². The van der Waals surface area contributed by atoms with Gasteiger partial charge in [0.1, 0.15) is 17.5 Å². The second kappa shape index (κ2) is 9.83. The third-order valence-electron chi connectivity index (χ3n) is 5.12. The highest BCUT2D eigenvalue weighted by Crippen LogP contribution is 2.34. The Kier molecular flexibility index (Phi) is 7.17. The van der Waals surface area contributed by atoms with Gasteiger partial charge in [-0.25, -0.2) is 0 Å². The Hall–Kier alpha value is -3.06. The number of ketones is 1. The van der Waals surface area contributed by atoms with Crippen LogP contribution in [0.2, 0.25) is 5.02 Å². The van der Waals surface area contributed by atoms with Crippen LogP contribution in [0.1, 0.15) is 37.6 Å². The quantitative estimate of drug-likeness (QED) is 0.628. The molecule has 1 heterocycles. The average molecular weight is 445 g/mol. The zero-order chi connectivity index (χ0) is 22.5. The van der Waals surface area contributed by atoms with Gasteiger partial charge in [0, 0.05) is 11.6 Å². The van der Waals surface area contributed by atoms with E-state index in [-0.39, 0.29) is 36.9 Å². The van der Waals surface area contributed by atoms with E-state index in [0.29, 0.717) is 27.8 Å². The van der Waals surface area contributed by atoms with E-state index in [4.69, 9.17) is 21.1 Å². The van der Waals surface area contributed by atoms with Crippen molar-refractivity contribution in [1.82, 2.24) is 5.32 Å². The molecule has 0 radical (unpaired) electrons. The number of carbonyl (C=O) groups is 3. The highest BCUT2D eigenvalue weighted by Gasteiger charge is 2.34. The lowest BCUT2D eigenvalue weighted by atomic mass is 10.1. The van der Waals surface area contributed by atoms with Crippen molar-refractivity contribution < 1.29 is 23.9 Å². The number of hydrogen-bond donors (Lipinski definition) is 1. The first kappa shape index (κ1) is 22.6. The molecule has 3 rings (SSSR count). The van der Waals surface area contributed by atoms with Crippen LogP contribution in [0.4, 0.5) is 5.69 Å². The Balaban J connectivity index is 1.81. The maximum absolute atomic E-state index is 12.7. The lowest BCUT2D eigenvalue weighted by Gasteiger charge is -2.34. The van der Waals surface area contributed by atoms with Crippen LogP contribution in [-0.4, -0.2) is 42.9 Å². The normalized spacial score (nSPS) is 14.8. The number of Topliss-reactive ketones (excluding diaryl/α,β-unsaturated/α-hetero) is 1. The number of hydrogen-bond acceptors (Lipinski definition) is 5. The number of para-hydroxylation sites is 1. The second-order valence-electron chi connectivity index (χ2n) is 7.37. The summed E-state index contributed by atoms with van der Waals surface area (Å²) in [4.78, 5) is 39.3. The van der Waals surface area contributed by atoms with E-state index in [1.807, 2.05) is 13.8 Å². The number of nitrogens with zero attached hydrogens (tertiary/aromatic N) is 1. The van der Waals surface area contributed by atoms with Gasteiger partial charge in [-0.1, -0.05) is 30.7 Å². The van der Waals surface area contributed by atoms with Crippen LogP contribution in [-0.2, 0) is 9.59 Å². The summed E-state index contributed by atoms with van der Waals surface area (Å²) < 4.78 is 11.0. The molecule has 0 saturated heterocycles. The molecule has 0 aromatic heterocycles. The summed E-state index contributed by atoms with van der Waals surface area (Å²) in [6, 6.07) is 10.9. The van der Waals surface area contributed by atoms with Crippen molar-refractivity contribution >= 4 is 34.9 Å². The van der Waals surface area contributed by atoms with Crippen LogP contribution in [0, 0.1) is 0 Å². The van der Waals surface area contributed by atoms with Crippen LogP contribution in [0.5, 0.6) is 11.5 Å². The minimum atomic E-state index is -0.756. The van der Waals surface area contributed by atoms with Crippen molar-refractivity contribution in [3.63, 3.8) is 0 Å². The van der Waals surface area contributed by atoms with Gasteiger partial charge in [-0.15, -0.1) is 0 Å². The summed E-state index contributed by atoms with van der Waals surface area (Å²) in [6.45, 7) is 5.13. The van der Waals surface area contributed by atoms with Crippen LogP contribution in [0.25, 0.3) is 0 Å². The van der Waals surface area contributed by atoms with E-state index in [1.54, 1.807) is 49.4 Å². The van der Waals surface area contributed by atoms with Gasteiger partial charge in [-0.3, -0.25) is 19.3 Å². The monoisotopic (exact) mass is 444 g/mol. The molecule has 0 fully saturated rings. The maximum atomic E-state index is 12.7. The van der Waals surface area contributed by atoms with Crippen molar-refractivity contribution in [3.05, 3.63) is 53.1 Å². The molecule has 1 aliphatic heterocycles. The molecule has 0 unspecified atom stereocenters. The number of anilines is 1. The minimum absolute atomic E-state index is 0.0135. The third-order valence-corrected chi connectivity index (χ3v) is 5.44. The summed E-state index contributed by atoms with van der Waals surface area (Å²) in [6.07, 6.45) is 0.774. The van der Waals surface area contributed by atoms with Gasteiger partial charge in [-0.2, -0.15) is 0 Å². The summed E-state index contributed by atoms with van der Waals surface area (Å²) in [5, 5.41) is 3.30. The van der Waals surface area contributed by atoms with Gasteiger partial charge in [0.05, 0.1) is 10.7 Å². The van der Waals surface area contributed by atoms with Gasteiger partial charge in [-0.05, 0) is 50.6 Å². The zero-order valence-electron chi connectivity index (χ0n) is 17.7. The Morgan fingerprint density at radius 1 is 1.23 bits per heavy atom. The standard InChI is InChI=1S/C23H25ClN2O5/c1-4-14(2)25-23(29)15(3)26-18-11-16(9-10-21(18)31-13-22(26)28)19(27)12-30-20-8-6-5-7-17(20)24/h5-11,14-15H,4,12-13H2,1-3H3,(H,25,29)/t14-,15+/m1/s1. The molecule has 2 aromatic carbocycles. The molecule has 1 aliphatic rings. The number of nitrogens with one attached hydrogen (secondary N) is 1. The molecule has 2 aromatic rings. The molecule has 0 bridgehead atoms. The predicted molar refractivity (Wildman–Crippen MR) is 118 cm³/mol. The van der Waals surface area contributed by atoms with E-state index in [2.05, 4.69) is 5.32 Å². The molecule has 164 valence electrons. The number of ether oxygens (including phenoxy) is 2. The van der Waals surface area contributed by atoms with Gasteiger partial charge >= 0.3 is 0 Å². The van der Waals surface area contributed by atoms with Crippen molar-refractivity contribution in [2.45, 2.75) is 39.3 Å². The summed E-state index contributed by atoms with van der Waals surface area (Å²) in [7, 11) is 0. The Morgan fingerprint density at radius 3 is 2.68 bits per heavy atom. The molecule has 31 heavy (non-hydrogen) atoms. The summed E-state index contributed by atoms with van der Waals surface area (Å²) >= 11 is 6.06. The molecule has 0 spiro atoms. The molecular formula is C23H25ClN2O5. The first-order chi connectivity index (χ1) is 14.8. The number of amides is 2. The van der Waals surface area contributed by atoms with Crippen LogP contribution in [0.3, 0.4) is 0 Å². The molecule has 2 amide bonds. The van der Waals surface area contributed by atoms with Crippen molar-refractivity contribution in [3.8, 4) is 11.5 Å². The van der Waals surface area contributed by atoms with E-state index < -0.39 is 6.04 Å². The van der Waals surface area contributed by atoms with Gasteiger partial charge in [0.2, 0.25) is 5.91 Å². The number of rotatable bonds is 8. The van der Waals surface area contributed by atoms with Crippen molar-refractivity contribution in [2.75, 3.05) is 18.1 Å². The fourth-order valence-electron chi connectivity index (χ4n) is 3.14. The lowest BCUT2D eigenvalue weighted by molar-refractivity contribution is -0.127. The third kappa shape index (κ3) is 5.17. The molecule has 7 nitrogen and oxygen atoms in total. The molecule has 2 atom stereocenters. The zero-order valence-corrected chi connectivity index (χ0v) is 18.4. The largest absolute Gasteiger partial charge is 0.484 e. The van der Waals surface area contributed by atoms with Gasteiger partial charge in [0.25, 0.3) is 5.91 Å². The minimum Gasteiger partial charge on any atom is -0.484 e. The average Bonchev–Trinajstić information content (AvgIpc) is 2.77. The highest BCUT2D eigenvalue weighted by atomic mass is 35.5. The van der Waals surface area contributed by atoms with Crippen molar-refractivity contribution in [2.24, 2.45) is 0 Å². The predicted octanol–water partition coefficient (Wildman–Crippen LogP) is 3.63. The Bertz CT molecular complexity index is 994. The SMILES string of the molecule is CC[C@@H](C)NC(=O)[C@H](C)N1C(=O)COc2ccc(C(=O)COc3ccccc3Cl)cc21. The van der Waals surface area contributed by atoms with Crippen molar-refractivity contribution in [1.29, 1.82) is 0 Å². The first-order valence-corrected chi connectivity index (χ1v) is 10.5. The van der Waals surface area contributed by atoms with E-state index in [1.165, 1.54) is 4.90 Å². The number of carbonyl (C=O) groups excluding carboxylic acids is 3. The fraction of sp³-hybridized carbons (Fsp3) is 0.348. The molecule has 0 aliphatic carbocycles. The molecule has 8 heteroatoms. The smallest absolute Gasteiger partial charge is 0.265 e. The summed E-state index contributed by atoms with van der Waals surface area (Å²) in [5.41, 5.74) is 0.718. The lowest BCUT2D eigenvalue weighted by Crippen LogP contribution is -2.52. The van der Waals surface area contributed by atoms with Crippen LogP contribution >= 0.6 is 11.6 Å². The fourth-order valence-corrected chi connectivity index (χ4v) is 3.33. The summed E-state index contributed by atoms with van der Waals surface area (Å²) in [5.74, 6) is -0.0692.